The summed E-state index contributed by atoms with van der Waals surface area (Å²) in [5, 5.41) is 8.86. The zero-order valence-corrected chi connectivity index (χ0v) is 6.62. The first kappa shape index (κ1) is 7.14. The molecule has 2 aliphatic carbocycles. The highest BCUT2D eigenvalue weighted by molar-refractivity contribution is 5.70. The van der Waals surface area contributed by atoms with Gasteiger partial charge in [-0.15, -0.1) is 0 Å². The fraction of sp³-hybridized carbons (Fsp3) is 0.889. The fourth-order valence-corrected chi connectivity index (χ4v) is 2.77. The van der Waals surface area contributed by atoms with Crippen LogP contribution in [0.25, 0.3) is 0 Å². The van der Waals surface area contributed by atoms with Gasteiger partial charge >= 0.3 is 5.97 Å². The Bertz CT molecular complexity index is 176. The van der Waals surface area contributed by atoms with Gasteiger partial charge in [0.05, 0.1) is 5.92 Å². The molecule has 0 aliphatic heterocycles. The van der Waals surface area contributed by atoms with Crippen LogP contribution in [0.3, 0.4) is 0 Å². The van der Waals surface area contributed by atoms with E-state index in [0.717, 1.165) is 18.8 Å². The Morgan fingerprint density at radius 3 is 2.73 bits per heavy atom. The summed E-state index contributed by atoms with van der Waals surface area (Å²) < 4.78 is 0. The van der Waals surface area contributed by atoms with Crippen LogP contribution in [0.15, 0.2) is 0 Å². The standard InChI is InChI=1S/C9H14O2/c10-9(11)8-5-6-2-1-3-7(8)4-6/h6-8H,1-5H2,(H,10,11). The molecule has 2 aliphatic rings. The van der Waals surface area contributed by atoms with Gasteiger partial charge in [0.2, 0.25) is 0 Å². The summed E-state index contributed by atoms with van der Waals surface area (Å²) in [6, 6.07) is 0. The average Bonchev–Trinajstić information content (AvgIpc) is 2.27. The molecule has 2 saturated carbocycles. The molecule has 0 aromatic carbocycles. The molecule has 2 bridgehead atoms. The molecule has 0 aromatic heterocycles. The van der Waals surface area contributed by atoms with Crippen molar-refractivity contribution in [1.82, 2.24) is 0 Å². The molecule has 2 nitrogen and oxygen atoms in total. The van der Waals surface area contributed by atoms with Gasteiger partial charge in [-0.2, -0.15) is 0 Å². The molecule has 0 heterocycles. The highest BCUT2D eigenvalue weighted by atomic mass is 16.4. The Morgan fingerprint density at radius 2 is 2.09 bits per heavy atom. The molecule has 0 aromatic rings. The minimum Gasteiger partial charge on any atom is -0.481 e. The largest absolute Gasteiger partial charge is 0.481 e. The molecule has 62 valence electrons. The maximum atomic E-state index is 10.7. The van der Waals surface area contributed by atoms with Gasteiger partial charge in [-0.25, -0.2) is 0 Å². The van der Waals surface area contributed by atoms with Crippen molar-refractivity contribution in [3.8, 4) is 0 Å². The minimum atomic E-state index is -0.556. The summed E-state index contributed by atoms with van der Waals surface area (Å²) in [4.78, 5) is 10.7. The molecule has 3 atom stereocenters. The van der Waals surface area contributed by atoms with E-state index in [2.05, 4.69) is 0 Å². The van der Waals surface area contributed by atoms with E-state index in [9.17, 15) is 4.79 Å². The number of carbonyl (C=O) groups is 1. The van der Waals surface area contributed by atoms with Gasteiger partial charge < -0.3 is 5.11 Å². The van der Waals surface area contributed by atoms with E-state index in [1.54, 1.807) is 0 Å². The van der Waals surface area contributed by atoms with Crippen molar-refractivity contribution in [3.63, 3.8) is 0 Å². The number of fused-ring (bicyclic) bond motifs is 2. The van der Waals surface area contributed by atoms with Crippen molar-refractivity contribution in [2.45, 2.75) is 32.1 Å². The van der Waals surface area contributed by atoms with Crippen LogP contribution in [0.4, 0.5) is 0 Å². The van der Waals surface area contributed by atoms with Crippen molar-refractivity contribution < 1.29 is 9.90 Å². The Kier molecular flexibility index (Phi) is 1.63. The number of hydrogen-bond donors (Lipinski definition) is 1. The zero-order chi connectivity index (χ0) is 7.84. The molecule has 3 unspecified atom stereocenters. The van der Waals surface area contributed by atoms with Gasteiger partial charge in [-0.3, -0.25) is 4.79 Å². The van der Waals surface area contributed by atoms with Gasteiger partial charge in [-0.1, -0.05) is 12.8 Å². The Morgan fingerprint density at radius 1 is 1.27 bits per heavy atom. The van der Waals surface area contributed by atoms with Crippen molar-refractivity contribution in [3.05, 3.63) is 0 Å². The third-order valence-corrected chi connectivity index (χ3v) is 3.30. The lowest BCUT2D eigenvalue weighted by Crippen LogP contribution is -2.17. The number of carboxylic acids is 1. The summed E-state index contributed by atoms with van der Waals surface area (Å²) in [7, 11) is 0. The van der Waals surface area contributed by atoms with Crippen LogP contribution in [-0.2, 0) is 4.79 Å². The van der Waals surface area contributed by atoms with E-state index in [1.807, 2.05) is 0 Å². The lowest BCUT2D eigenvalue weighted by Gasteiger charge is -2.18. The second-order valence-electron chi connectivity index (χ2n) is 3.97. The normalized spacial score (nSPS) is 42.4. The predicted molar refractivity (Wildman–Crippen MR) is 41.2 cm³/mol. The first-order valence-corrected chi connectivity index (χ1v) is 4.50. The highest BCUT2D eigenvalue weighted by Crippen LogP contribution is 2.45. The molecule has 11 heavy (non-hydrogen) atoms. The molecular weight excluding hydrogens is 140 g/mol. The van der Waals surface area contributed by atoms with E-state index >= 15 is 0 Å². The number of hydrogen-bond acceptors (Lipinski definition) is 1. The molecule has 0 spiro atoms. The van der Waals surface area contributed by atoms with Gasteiger partial charge in [0.1, 0.15) is 0 Å². The topological polar surface area (TPSA) is 37.3 Å². The lowest BCUT2D eigenvalue weighted by atomic mass is 9.87. The molecule has 2 fully saturated rings. The van der Waals surface area contributed by atoms with Gasteiger partial charge in [-0.05, 0) is 31.1 Å². The second-order valence-corrected chi connectivity index (χ2v) is 3.97. The Balaban J connectivity index is 2.08. The third-order valence-electron chi connectivity index (χ3n) is 3.30. The molecule has 2 heteroatoms. The number of rotatable bonds is 1. The summed E-state index contributed by atoms with van der Waals surface area (Å²) in [5.41, 5.74) is 0. The van der Waals surface area contributed by atoms with Crippen LogP contribution >= 0.6 is 0 Å². The van der Waals surface area contributed by atoms with E-state index < -0.39 is 5.97 Å². The van der Waals surface area contributed by atoms with Crippen LogP contribution in [0.2, 0.25) is 0 Å². The summed E-state index contributed by atoms with van der Waals surface area (Å²) >= 11 is 0. The Hall–Kier alpha value is -0.530. The smallest absolute Gasteiger partial charge is 0.306 e. The van der Waals surface area contributed by atoms with Gasteiger partial charge in [0.25, 0.3) is 0 Å². The van der Waals surface area contributed by atoms with Crippen LogP contribution in [0, 0.1) is 17.8 Å². The minimum absolute atomic E-state index is 0.00231. The highest BCUT2D eigenvalue weighted by Gasteiger charge is 2.40. The van der Waals surface area contributed by atoms with Crippen molar-refractivity contribution >= 4 is 5.97 Å². The summed E-state index contributed by atoms with van der Waals surface area (Å²) in [5.74, 6) is 0.711. The zero-order valence-electron chi connectivity index (χ0n) is 6.62. The SMILES string of the molecule is O=C(O)C1CC2CCCC1C2. The maximum absolute atomic E-state index is 10.7. The first-order valence-electron chi connectivity index (χ1n) is 4.50. The van der Waals surface area contributed by atoms with Gasteiger partial charge in [0, 0.05) is 0 Å². The molecule has 1 N–H and O–H groups in total. The fourth-order valence-electron chi connectivity index (χ4n) is 2.77. The third kappa shape index (κ3) is 1.15. The summed E-state index contributed by atoms with van der Waals surface area (Å²) in [6.45, 7) is 0. The van der Waals surface area contributed by atoms with Crippen LogP contribution in [-0.4, -0.2) is 11.1 Å². The van der Waals surface area contributed by atoms with Crippen LogP contribution < -0.4 is 0 Å². The predicted octanol–water partition coefficient (Wildman–Crippen LogP) is 1.90. The maximum Gasteiger partial charge on any atom is 0.306 e. The van der Waals surface area contributed by atoms with Crippen molar-refractivity contribution in [1.29, 1.82) is 0 Å². The van der Waals surface area contributed by atoms with E-state index in [4.69, 9.17) is 5.11 Å². The van der Waals surface area contributed by atoms with Crippen molar-refractivity contribution in [2.75, 3.05) is 0 Å². The molecule has 0 saturated heterocycles. The quantitative estimate of drug-likeness (QED) is 0.626. The summed E-state index contributed by atoms with van der Waals surface area (Å²) in [6.07, 6.45) is 5.85. The molecule has 0 radical (unpaired) electrons. The second kappa shape index (κ2) is 2.50. The number of aliphatic carboxylic acids is 1. The Labute approximate surface area is 66.6 Å². The average molecular weight is 154 g/mol. The van der Waals surface area contributed by atoms with Crippen molar-refractivity contribution in [2.24, 2.45) is 17.8 Å². The van der Waals surface area contributed by atoms with Gasteiger partial charge in [0.15, 0.2) is 0 Å². The first-order chi connectivity index (χ1) is 5.27. The van der Waals surface area contributed by atoms with E-state index in [0.29, 0.717) is 5.92 Å². The van der Waals surface area contributed by atoms with E-state index in [-0.39, 0.29) is 5.92 Å². The van der Waals surface area contributed by atoms with Crippen LogP contribution in [0.1, 0.15) is 32.1 Å². The number of carboxylic acid groups (broad SMARTS) is 1. The van der Waals surface area contributed by atoms with Crippen LogP contribution in [0.5, 0.6) is 0 Å². The monoisotopic (exact) mass is 154 g/mol. The molecule has 0 amide bonds. The van der Waals surface area contributed by atoms with E-state index in [1.165, 1.54) is 19.3 Å². The molecule has 2 rings (SSSR count). The lowest BCUT2D eigenvalue weighted by molar-refractivity contribution is -0.142. The molecular formula is C9H14O2.